The van der Waals surface area contributed by atoms with Crippen molar-refractivity contribution in [2.75, 3.05) is 0 Å². The average Bonchev–Trinajstić information content (AvgIpc) is 3.39. The molecule has 332 valence electrons. The van der Waals surface area contributed by atoms with Crippen LogP contribution in [0.1, 0.15) is 92.0 Å². The van der Waals surface area contributed by atoms with Crippen molar-refractivity contribution < 1.29 is 54.1 Å². The molecule has 2 saturated carbocycles. The monoisotopic (exact) mass is 913 g/mol. The predicted octanol–water partition coefficient (Wildman–Crippen LogP) is 8.57. The molecule has 0 aliphatic heterocycles. The number of carbonyl (C=O) groups excluding carboxylic acids is 1. The maximum atomic E-state index is 12.4. The Bertz CT molecular complexity index is 2470. The first-order valence-electron chi connectivity index (χ1n) is 20.0. The molecule has 4 aliphatic carbocycles. The maximum absolute atomic E-state index is 12.4. The van der Waals surface area contributed by atoms with Crippen molar-refractivity contribution in [3.05, 3.63) is 109 Å². The maximum Gasteiger partial charge on any atom is 0.339 e. The van der Waals surface area contributed by atoms with Gasteiger partial charge in [0.2, 0.25) is 0 Å². The Labute approximate surface area is 369 Å². The summed E-state index contributed by atoms with van der Waals surface area (Å²) in [6.07, 6.45) is 11.2. The second-order valence-corrected chi connectivity index (χ2v) is 16.9. The normalized spacial score (nSPS) is 21.2. The summed E-state index contributed by atoms with van der Waals surface area (Å²) in [5.41, 5.74) is 5.84. The van der Waals surface area contributed by atoms with Gasteiger partial charge < -0.3 is 21.4 Å². The molecule has 3 unspecified atom stereocenters. The number of ketones is 1. The Balaban J connectivity index is 0.000000142. The molecule has 20 heteroatoms. The summed E-state index contributed by atoms with van der Waals surface area (Å²) in [4.78, 5) is 47.5. The van der Waals surface area contributed by atoms with Crippen LogP contribution in [0.4, 0.5) is 0 Å². The summed E-state index contributed by atoms with van der Waals surface area (Å²) in [6.45, 7) is 4.05. The summed E-state index contributed by atoms with van der Waals surface area (Å²) in [7, 11) is 0. The molecule has 2 fully saturated rings. The van der Waals surface area contributed by atoms with E-state index < -0.39 is 5.63 Å². The molecule has 2 heterocycles. The Morgan fingerprint density at radius 2 is 1.24 bits per heavy atom. The zero-order valence-electron chi connectivity index (χ0n) is 34.0. The summed E-state index contributed by atoms with van der Waals surface area (Å²) >= 11 is 1.85. The highest BCUT2D eigenvalue weighted by molar-refractivity contribution is 7.90. The van der Waals surface area contributed by atoms with Crippen LogP contribution < -0.4 is 41.5 Å². The molecule has 0 radical (unpaired) electrons. The van der Waals surface area contributed by atoms with Gasteiger partial charge >= 0.3 is 11.3 Å². The fourth-order valence-corrected chi connectivity index (χ4v) is 10.3. The topological polar surface area (TPSA) is 239 Å². The van der Waals surface area contributed by atoms with Crippen LogP contribution in [0, 0.1) is 24.2 Å². The van der Waals surface area contributed by atoms with Crippen molar-refractivity contribution in [3.63, 3.8) is 0 Å². The highest BCUT2D eigenvalue weighted by Gasteiger charge is 2.54. The second-order valence-electron chi connectivity index (χ2n) is 15.6. The van der Waals surface area contributed by atoms with Crippen LogP contribution in [0.25, 0.3) is 21.9 Å². The molecule has 0 spiro atoms. The summed E-state index contributed by atoms with van der Waals surface area (Å²) < 4.78 is 39.2. The van der Waals surface area contributed by atoms with Crippen LogP contribution in [0.15, 0.2) is 79.1 Å². The van der Waals surface area contributed by atoms with E-state index in [1.807, 2.05) is 19.1 Å². The minimum Gasteiger partial charge on any atom is -0.423 e. The Morgan fingerprint density at radius 1 is 0.645 bits per heavy atom. The van der Waals surface area contributed by atoms with Crippen LogP contribution in [-0.4, -0.2) is 5.78 Å². The molecule has 17 nitrogen and oxygen atoms in total. The Hall–Kier alpha value is -4.16. The van der Waals surface area contributed by atoms with E-state index in [1.165, 1.54) is 23.6 Å². The number of fused-ring (bicyclic) bond motifs is 9. The van der Waals surface area contributed by atoms with Gasteiger partial charge in [-0.05, 0) is 141 Å². The number of nitrogens with two attached hydrogens (primary N) is 3. The van der Waals surface area contributed by atoms with Gasteiger partial charge in [-0.25, -0.2) is 9.59 Å². The summed E-state index contributed by atoms with van der Waals surface area (Å²) in [5.74, 6) is 18.1. The number of Topliss-reactive ketones (excluding diaryl/α,β-unsaturated/α-hetero) is 1. The molecule has 4 aliphatic rings. The van der Waals surface area contributed by atoms with Crippen molar-refractivity contribution in [1.29, 1.82) is 0 Å². The predicted molar refractivity (Wildman–Crippen MR) is 231 cm³/mol. The minimum atomic E-state index is -0.402. The fraction of sp³-hybridized carbons (Fsp3) is 0.405. The molecule has 6 N–H and O–H groups in total. The van der Waals surface area contributed by atoms with Gasteiger partial charge in [0.1, 0.15) is 34.2 Å². The van der Waals surface area contributed by atoms with E-state index in [2.05, 4.69) is 52.9 Å². The summed E-state index contributed by atoms with van der Waals surface area (Å²) in [6, 6.07) is 18.1. The molecular formula is C42H47N3O14S3. The van der Waals surface area contributed by atoms with Crippen LogP contribution >= 0.6 is 37.0 Å². The van der Waals surface area contributed by atoms with E-state index in [4.69, 9.17) is 33.2 Å². The fourth-order valence-electron chi connectivity index (χ4n) is 9.60. The lowest BCUT2D eigenvalue weighted by atomic mass is 9.55. The van der Waals surface area contributed by atoms with Crippen molar-refractivity contribution in [2.45, 2.75) is 90.4 Å². The largest absolute Gasteiger partial charge is 0.423 e. The molecular weight excluding hydrogens is 867 g/mol. The van der Waals surface area contributed by atoms with Crippen molar-refractivity contribution in [1.82, 2.24) is 0 Å². The zero-order valence-corrected chi connectivity index (χ0v) is 36.4. The van der Waals surface area contributed by atoms with Crippen molar-refractivity contribution in [3.8, 4) is 17.2 Å². The van der Waals surface area contributed by atoms with E-state index in [9.17, 15) is 14.4 Å². The van der Waals surface area contributed by atoms with E-state index >= 15 is 0 Å². The van der Waals surface area contributed by atoms with Gasteiger partial charge in [-0.3, -0.25) is 4.79 Å². The van der Waals surface area contributed by atoms with Gasteiger partial charge in [0.25, 0.3) is 37.0 Å². The van der Waals surface area contributed by atoms with Crippen molar-refractivity contribution in [2.24, 2.45) is 34.9 Å². The van der Waals surface area contributed by atoms with Crippen LogP contribution in [-0.2, 0) is 52.0 Å². The van der Waals surface area contributed by atoms with E-state index in [0.717, 1.165) is 97.4 Å². The van der Waals surface area contributed by atoms with E-state index in [1.54, 1.807) is 30.3 Å². The molecule has 0 amide bonds. The molecule has 3 aromatic carbocycles. The molecule has 0 saturated heterocycles. The number of hydrogen-bond donors (Lipinski definition) is 3. The SMILES string of the molecule is C[C@]12CCC3c4ccc(OSOON)cc4CCC3C1CCC2=O.Cc1cc(=O)oc2cc(OSOON)ccc12.NOOSOc1ccc2c3c(c(=O)oc2c1)CCCCC3. The van der Waals surface area contributed by atoms with Gasteiger partial charge in [-0.2, -0.15) is 17.7 Å². The van der Waals surface area contributed by atoms with Gasteiger partial charge in [0, 0.05) is 46.4 Å². The molecule has 5 aromatic rings. The first-order valence-corrected chi connectivity index (χ1v) is 22.0. The van der Waals surface area contributed by atoms with E-state index in [0.29, 0.717) is 83.2 Å². The van der Waals surface area contributed by atoms with Gasteiger partial charge in [0.05, 0.1) is 0 Å². The van der Waals surface area contributed by atoms with Gasteiger partial charge in [0.15, 0.2) is 0 Å². The minimum absolute atomic E-state index is 0.0576. The average molecular weight is 914 g/mol. The van der Waals surface area contributed by atoms with E-state index in [-0.39, 0.29) is 11.0 Å². The molecule has 9 rings (SSSR count). The molecule has 0 bridgehead atoms. The Morgan fingerprint density at radius 3 is 1.90 bits per heavy atom. The van der Waals surface area contributed by atoms with Gasteiger partial charge in [-0.15, -0.1) is 28.0 Å². The van der Waals surface area contributed by atoms with Gasteiger partial charge in [-0.1, -0.05) is 19.4 Å². The number of hydrogen-bond acceptors (Lipinski definition) is 20. The van der Waals surface area contributed by atoms with Crippen molar-refractivity contribution >= 4 is 64.7 Å². The quantitative estimate of drug-likeness (QED) is 0.0265. The third-order valence-electron chi connectivity index (χ3n) is 12.4. The Kier molecular flexibility index (Phi) is 15.9. The third-order valence-corrected chi connectivity index (χ3v) is 13.6. The number of carbonyl (C=O) groups is 1. The number of rotatable bonds is 12. The second kappa shape index (κ2) is 21.5. The molecule has 4 atom stereocenters. The lowest BCUT2D eigenvalue weighted by Gasteiger charge is -2.48. The highest BCUT2D eigenvalue weighted by Crippen LogP contribution is 2.59. The highest BCUT2D eigenvalue weighted by atomic mass is 32.2. The molecule has 2 aromatic heterocycles. The first-order chi connectivity index (χ1) is 30.1. The smallest absolute Gasteiger partial charge is 0.339 e. The first kappa shape index (κ1) is 45.9. The number of aryl methyl sites for hydroxylation is 3. The summed E-state index contributed by atoms with van der Waals surface area (Å²) in [5, 5.41) is 1.82. The zero-order chi connectivity index (χ0) is 43.6. The molecule has 62 heavy (non-hydrogen) atoms. The van der Waals surface area contributed by atoms with Crippen LogP contribution in [0.2, 0.25) is 0 Å². The third kappa shape index (κ3) is 10.6. The number of benzene rings is 3. The lowest BCUT2D eigenvalue weighted by molar-refractivity contribution is -0.199. The lowest BCUT2D eigenvalue weighted by Crippen LogP contribution is -2.42. The standard InChI is InChI=1S/C18H23NO4S.C14H15NO5S.C10H9NO5S/c1-18-9-8-14-13-5-3-12(21-24-23-22-19)10-11(13)2-4-15(14)16(18)6-7-17(18)20;15-19-20-21-18-9-6-7-11-10-4-2-1-3-5-12(10)14(16)17-13(11)8-9;1-6-4-10(12)13-9-5-7(2-3-8(6)9)14-17-16-15-11/h3,5,10,14-16H,2,4,6-9,19H2,1H3;6-8H,1-5,15H2;2-5H,11H2,1H3/t14?,15?,16?,18-;;/m0../s1. The van der Waals surface area contributed by atoms with Crippen LogP contribution in [0.3, 0.4) is 0 Å². The van der Waals surface area contributed by atoms with Crippen LogP contribution in [0.5, 0.6) is 17.2 Å².